The molecule has 0 bridgehead atoms. The molecule has 20 heavy (non-hydrogen) atoms. The fraction of sp³-hybridized carbons (Fsp3) is 0.941. The van der Waals surface area contributed by atoms with Crippen molar-refractivity contribution in [3.63, 3.8) is 0 Å². The predicted octanol–water partition coefficient (Wildman–Crippen LogP) is 6.79. The highest BCUT2D eigenvalue weighted by atomic mass is 31.2. The van der Waals surface area contributed by atoms with Crippen molar-refractivity contribution in [2.75, 3.05) is 6.61 Å². The number of hydrogen-bond acceptors (Lipinski definition) is 2. The quantitative estimate of drug-likeness (QED) is 0.225. The molecule has 0 aromatic carbocycles. The van der Waals surface area contributed by atoms with Crippen molar-refractivity contribution < 1.29 is 9.09 Å². The Labute approximate surface area is 127 Å². The molecular weight excluding hydrogens is 267 g/mol. The largest absolute Gasteiger partial charge is 0.352 e. The van der Waals surface area contributed by atoms with E-state index in [0.29, 0.717) is 6.61 Å². The summed E-state index contributed by atoms with van der Waals surface area (Å²) in [7, 11) is -2.70. The van der Waals surface area contributed by atoms with Gasteiger partial charge in [0.2, 0.25) is 0 Å². The normalized spacial score (nSPS) is 15.2. The van der Waals surface area contributed by atoms with E-state index < -0.39 is 7.37 Å². The number of rotatable bonds is 12. The van der Waals surface area contributed by atoms with E-state index in [1.165, 1.54) is 57.8 Å². The second-order valence-corrected chi connectivity index (χ2v) is 9.81. The molecule has 0 saturated carbocycles. The summed E-state index contributed by atoms with van der Waals surface area (Å²) in [6, 6.07) is 0. The Kier molecular flexibility index (Phi) is 11.0. The van der Waals surface area contributed by atoms with E-state index in [-0.39, 0.29) is 5.16 Å². The minimum atomic E-state index is -2.70. The summed E-state index contributed by atoms with van der Waals surface area (Å²) in [5.74, 6) is 0. The van der Waals surface area contributed by atoms with Gasteiger partial charge in [0.15, 0.2) is 0 Å². The van der Waals surface area contributed by atoms with Crippen LogP contribution in [-0.2, 0) is 9.09 Å². The van der Waals surface area contributed by atoms with Crippen LogP contribution in [0, 0.1) is 6.66 Å². The monoisotopic (exact) mass is 303 g/mol. The Balaban J connectivity index is 3.35. The van der Waals surface area contributed by atoms with Gasteiger partial charge in [0.1, 0.15) is 0 Å². The molecule has 0 aliphatic heterocycles. The first kappa shape index (κ1) is 20.2. The molecule has 0 rings (SSSR count). The lowest BCUT2D eigenvalue weighted by Crippen LogP contribution is -2.15. The molecule has 0 spiro atoms. The van der Waals surface area contributed by atoms with Gasteiger partial charge in [-0.25, -0.2) is 0 Å². The molecule has 0 aliphatic carbocycles. The zero-order valence-corrected chi connectivity index (χ0v) is 15.1. The van der Waals surface area contributed by atoms with Crippen LogP contribution in [0.4, 0.5) is 0 Å². The third kappa shape index (κ3) is 10.00. The van der Waals surface area contributed by atoms with Crippen LogP contribution in [0.5, 0.6) is 0 Å². The minimum absolute atomic E-state index is 0.342. The Morgan fingerprint density at radius 1 is 0.850 bits per heavy atom. The molecule has 0 fully saturated rings. The minimum Gasteiger partial charge on any atom is -0.352 e. The molecule has 0 heterocycles. The standard InChI is InChI=1S/C17H36O2P/c1-6-7-8-9-10-11-12-13-14-15-16-19-20(5,18)17(2,3)4/h5-16H2,1-4H3/q-1. The summed E-state index contributed by atoms with van der Waals surface area (Å²) in [4.78, 5) is 0. The molecule has 0 aliphatic rings. The van der Waals surface area contributed by atoms with Gasteiger partial charge in [-0.3, -0.25) is 6.66 Å². The van der Waals surface area contributed by atoms with Crippen molar-refractivity contribution in [2.24, 2.45) is 0 Å². The topological polar surface area (TPSA) is 26.3 Å². The highest BCUT2D eigenvalue weighted by Crippen LogP contribution is 2.57. The van der Waals surface area contributed by atoms with Crippen molar-refractivity contribution in [2.45, 2.75) is 97.1 Å². The summed E-state index contributed by atoms with van der Waals surface area (Å²) in [5, 5.41) is -0.342. The van der Waals surface area contributed by atoms with Crippen LogP contribution >= 0.6 is 7.37 Å². The fourth-order valence-electron chi connectivity index (χ4n) is 2.00. The second kappa shape index (κ2) is 10.9. The third-order valence-corrected chi connectivity index (χ3v) is 6.46. The van der Waals surface area contributed by atoms with Crippen LogP contribution in [0.15, 0.2) is 0 Å². The van der Waals surface area contributed by atoms with Crippen molar-refractivity contribution in [3.05, 3.63) is 6.66 Å². The molecule has 0 aromatic heterocycles. The van der Waals surface area contributed by atoms with Crippen LogP contribution in [0.25, 0.3) is 0 Å². The molecular formula is C17H36O2P-. The summed E-state index contributed by atoms with van der Waals surface area (Å²) in [6.07, 6.45) is 13.0. The maximum atomic E-state index is 12.2. The fourth-order valence-corrected chi connectivity index (χ4v) is 2.81. The van der Waals surface area contributed by atoms with E-state index in [9.17, 15) is 4.57 Å². The van der Waals surface area contributed by atoms with Crippen LogP contribution < -0.4 is 0 Å². The van der Waals surface area contributed by atoms with Gasteiger partial charge in [-0.1, -0.05) is 85.5 Å². The first-order valence-electron chi connectivity index (χ1n) is 8.40. The van der Waals surface area contributed by atoms with E-state index in [2.05, 4.69) is 13.6 Å². The molecule has 0 saturated heterocycles. The predicted molar refractivity (Wildman–Crippen MR) is 90.5 cm³/mol. The Morgan fingerprint density at radius 2 is 1.25 bits per heavy atom. The lowest BCUT2D eigenvalue weighted by Gasteiger charge is -2.33. The maximum absolute atomic E-state index is 12.2. The first-order chi connectivity index (χ1) is 9.31. The molecule has 1 atom stereocenters. The van der Waals surface area contributed by atoms with Gasteiger partial charge in [-0.2, -0.15) is 0 Å². The molecule has 1 unspecified atom stereocenters. The van der Waals surface area contributed by atoms with Gasteiger partial charge in [0.05, 0.1) is 14.0 Å². The van der Waals surface area contributed by atoms with Crippen molar-refractivity contribution in [1.29, 1.82) is 0 Å². The molecule has 3 heteroatoms. The van der Waals surface area contributed by atoms with Crippen molar-refractivity contribution in [3.8, 4) is 0 Å². The average molecular weight is 303 g/mol. The zero-order valence-electron chi connectivity index (χ0n) is 14.2. The van der Waals surface area contributed by atoms with Crippen molar-refractivity contribution >= 4 is 7.37 Å². The van der Waals surface area contributed by atoms with Crippen molar-refractivity contribution in [1.82, 2.24) is 0 Å². The van der Waals surface area contributed by atoms with E-state index in [1.807, 2.05) is 20.8 Å². The lowest BCUT2D eigenvalue weighted by molar-refractivity contribution is 0.294. The Morgan fingerprint density at radius 3 is 1.65 bits per heavy atom. The Hall–Kier alpha value is 0.190. The van der Waals surface area contributed by atoms with E-state index >= 15 is 0 Å². The van der Waals surface area contributed by atoms with Crippen LogP contribution in [-0.4, -0.2) is 11.8 Å². The van der Waals surface area contributed by atoms with Crippen LogP contribution in [0.3, 0.4) is 0 Å². The van der Waals surface area contributed by atoms with Crippen LogP contribution in [0.1, 0.15) is 91.9 Å². The maximum Gasteiger partial charge on any atom is 0.0704 e. The van der Waals surface area contributed by atoms with Gasteiger partial charge >= 0.3 is 0 Å². The molecule has 2 nitrogen and oxygen atoms in total. The highest BCUT2D eigenvalue weighted by Gasteiger charge is 2.25. The zero-order chi connectivity index (χ0) is 15.5. The third-order valence-electron chi connectivity index (χ3n) is 3.82. The average Bonchev–Trinajstić information content (AvgIpc) is 2.34. The van der Waals surface area contributed by atoms with E-state index in [4.69, 9.17) is 4.52 Å². The molecule has 0 radical (unpaired) electrons. The molecule has 122 valence electrons. The highest BCUT2D eigenvalue weighted by molar-refractivity contribution is 7.61. The smallest absolute Gasteiger partial charge is 0.0704 e. The Bertz CT molecular complexity index is 269. The summed E-state index contributed by atoms with van der Waals surface area (Å²) in [6.45, 7) is 12.4. The second-order valence-electron chi connectivity index (χ2n) is 6.86. The van der Waals surface area contributed by atoms with Crippen LogP contribution in [0.2, 0.25) is 0 Å². The summed E-state index contributed by atoms with van der Waals surface area (Å²) in [5.41, 5.74) is 0. The summed E-state index contributed by atoms with van der Waals surface area (Å²) < 4.78 is 17.7. The van der Waals surface area contributed by atoms with E-state index in [1.54, 1.807) is 0 Å². The lowest BCUT2D eigenvalue weighted by atomic mass is 10.1. The summed E-state index contributed by atoms with van der Waals surface area (Å²) >= 11 is 0. The van der Waals surface area contributed by atoms with Gasteiger partial charge in [0.25, 0.3) is 0 Å². The first-order valence-corrected chi connectivity index (χ1v) is 10.2. The van der Waals surface area contributed by atoms with E-state index in [0.717, 1.165) is 6.42 Å². The number of unbranched alkanes of at least 4 members (excludes halogenated alkanes) is 9. The SMILES string of the molecule is [CH2-]P(=O)(OCCCCCCCCCCCC)C(C)(C)C. The van der Waals surface area contributed by atoms with Gasteiger partial charge in [-0.15, -0.1) is 0 Å². The van der Waals surface area contributed by atoms with Gasteiger partial charge < -0.3 is 9.09 Å². The van der Waals surface area contributed by atoms with Gasteiger partial charge in [-0.05, 0) is 6.42 Å². The molecule has 0 amide bonds. The molecule has 0 aromatic rings. The number of hydrogen-bond donors (Lipinski definition) is 0. The van der Waals surface area contributed by atoms with Gasteiger partial charge in [0, 0.05) is 5.16 Å². The molecule has 0 N–H and O–H groups in total.